The van der Waals surface area contributed by atoms with E-state index in [2.05, 4.69) is 29.5 Å². The number of para-hydroxylation sites is 3. The summed E-state index contributed by atoms with van der Waals surface area (Å²) in [5.41, 5.74) is 5.20. The fourth-order valence-electron chi connectivity index (χ4n) is 6.09. The summed E-state index contributed by atoms with van der Waals surface area (Å²) in [4.78, 5) is 34.3. The van der Waals surface area contributed by atoms with Gasteiger partial charge in [0, 0.05) is 34.7 Å². The molecule has 2 heterocycles. The van der Waals surface area contributed by atoms with Crippen LogP contribution < -0.4 is 25.0 Å². The second-order valence-electron chi connectivity index (χ2n) is 11.6. The minimum atomic E-state index is -0.582. The van der Waals surface area contributed by atoms with Crippen LogP contribution >= 0.6 is 0 Å². The van der Waals surface area contributed by atoms with Gasteiger partial charge in [-0.3, -0.25) is 14.6 Å². The zero-order valence-electron chi connectivity index (χ0n) is 24.2. The predicted molar refractivity (Wildman–Crippen MR) is 165 cm³/mol. The first-order valence-electron chi connectivity index (χ1n) is 14.0. The number of Topliss-reactive ketones (excluding diaryl/α,β-unsaturated/α-hetero) is 1. The topological polar surface area (TPSA) is 92.8 Å². The Kier molecular flexibility index (Phi) is 7.06. The summed E-state index contributed by atoms with van der Waals surface area (Å²) in [6.45, 7) is 4.21. The van der Waals surface area contributed by atoms with E-state index >= 15 is 0 Å². The molecule has 1 aromatic heterocycles. The molecule has 1 aliphatic heterocycles. The third-order valence-electron chi connectivity index (χ3n) is 7.93. The molecule has 0 saturated carbocycles. The zero-order chi connectivity index (χ0) is 29.4. The average molecular weight is 563 g/mol. The molecule has 42 heavy (non-hydrogen) atoms. The molecule has 6 rings (SSSR count). The van der Waals surface area contributed by atoms with Crippen LogP contribution in [0.2, 0.25) is 0 Å². The second kappa shape index (κ2) is 10.9. The first-order valence-corrected chi connectivity index (χ1v) is 14.0. The number of amides is 1. The van der Waals surface area contributed by atoms with Crippen molar-refractivity contribution in [1.82, 2.24) is 4.98 Å². The first-order chi connectivity index (χ1) is 20.3. The highest BCUT2D eigenvalue weighted by molar-refractivity contribution is 6.03. The summed E-state index contributed by atoms with van der Waals surface area (Å²) in [5.74, 6) is 1.04. The molecule has 3 aromatic carbocycles. The van der Waals surface area contributed by atoms with Crippen LogP contribution in [0.5, 0.6) is 11.5 Å². The van der Waals surface area contributed by atoms with Gasteiger partial charge in [0.05, 0.1) is 55.6 Å². The highest BCUT2D eigenvalue weighted by Gasteiger charge is 2.42. The van der Waals surface area contributed by atoms with E-state index in [-0.39, 0.29) is 23.7 Å². The van der Waals surface area contributed by atoms with Crippen LogP contribution in [0.1, 0.15) is 38.3 Å². The van der Waals surface area contributed by atoms with Crippen molar-refractivity contribution in [2.45, 2.75) is 32.7 Å². The van der Waals surface area contributed by atoms with Gasteiger partial charge < -0.3 is 25.0 Å². The monoisotopic (exact) mass is 562 g/mol. The molecule has 8 nitrogen and oxygen atoms in total. The number of ketones is 1. The van der Waals surface area contributed by atoms with Gasteiger partial charge in [0.1, 0.15) is 11.5 Å². The number of nitrogens with zero attached hydrogens (tertiary/aromatic N) is 2. The lowest BCUT2D eigenvalue weighted by Crippen LogP contribution is -2.40. The van der Waals surface area contributed by atoms with Crippen molar-refractivity contribution in [1.29, 1.82) is 0 Å². The number of pyridine rings is 1. The van der Waals surface area contributed by atoms with Crippen LogP contribution in [0.15, 0.2) is 90.3 Å². The summed E-state index contributed by atoms with van der Waals surface area (Å²) in [5, 5.41) is 7.56. The number of fused-ring (bicyclic) bond motifs is 2. The van der Waals surface area contributed by atoms with Gasteiger partial charge in [0.25, 0.3) is 0 Å². The fourth-order valence-corrected chi connectivity index (χ4v) is 6.09. The number of benzene rings is 3. The number of aromatic nitrogens is 1. The van der Waals surface area contributed by atoms with Crippen molar-refractivity contribution in [3.63, 3.8) is 0 Å². The fraction of sp³-hybridized carbons (Fsp3) is 0.265. The predicted octanol–water partition coefficient (Wildman–Crippen LogP) is 6.51. The summed E-state index contributed by atoms with van der Waals surface area (Å²) >= 11 is 0. The highest BCUT2D eigenvalue weighted by Crippen LogP contribution is 2.50. The number of hydrogen-bond donors (Lipinski definition) is 2. The van der Waals surface area contributed by atoms with Crippen molar-refractivity contribution < 1.29 is 19.1 Å². The smallest absolute Gasteiger partial charge is 0.243 e. The molecule has 1 amide bonds. The Morgan fingerprint density at radius 1 is 1.02 bits per heavy atom. The Morgan fingerprint density at radius 3 is 2.62 bits per heavy atom. The maximum atomic E-state index is 14.0. The van der Waals surface area contributed by atoms with Crippen molar-refractivity contribution in [2.75, 3.05) is 36.3 Å². The standard InChI is InChI=1S/C34H34N4O4/c1-34(2)17-27-32(29(39)18-34)33(24-14-13-23(41-3)16-30(24)42-4)38(28-12-8-7-11-26(28)37-27)20-31(40)36-22-15-21-9-5-6-10-25(21)35-19-22/h5-16,19,33,37H,17-18,20H2,1-4H3,(H,36,40). The minimum Gasteiger partial charge on any atom is -0.497 e. The number of anilines is 3. The van der Waals surface area contributed by atoms with Gasteiger partial charge in [0.2, 0.25) is 5.91 Å². The number of methoxy groups -OCH3 is 2. The van der Waals surface area contributed by atoms with Crippen LogP contribution in [-0.4, -0.2) is 37.4 Å². The van der Waals surface area contributed by atoms with Crippen LogP contribution in [0, 0.1) is 5.41 Å². The molecule has 4 aromatic rings. The van der Waals surface area contributed by atoms with Crippen molar-refractivity contribution >= 4 is 39.7 Å². The normalized spacial score (nSPS) is 17.6. The Morgan fingerprint density at radius 2 is 1.81 bits per heavy atom. The molecular weight excluding hydrogens is 528 g/mol. The number of carbonyl (C=O) groups is 2. The Bertz CT molecular complexity index is 1730. The summed E-state index contributed by atoms with van der Waals surface area (Å²) in [6, 6.07) is 22.6. The lowest BCUT2D eigenvalue weighted by molar-refractivity contribution is -0.119. The second-order valence-corrected chi connectivity index (χ2v) is 11.6. The van der Waals surface area contributed by atoms with E-state index in [1.54, 1.807) is 20.4 Å². The van der Waals surface area contributed by atoms with E-state index < -0.39 is 6.04 Å². The molecule has 214 valence electrons. The van der Waals surface area contributed by atoms with Gasteiger partial charge in [0.15, 0.2) is 5.78 Å². The highest BCUT2D eigenvalue weighted by atomic mass is 16.5. The van der Waals surface area contributed by atoms with Crippen molar-refractivity contribution in [2.24, 2.45) is 5.41 Å². The summed E-state index contributed by atoms with van der Waals surface area (Å²) in [7, 11) is 3.21. The molecule has 2 N–H and O–H groups in total. The first kappa shape index (κ1) is 27.3. The summed E-state index contributed by atoms with van der Waals surface area (Å²) < 4.78 is 11.3. The van der Waals surface area contributed by atoms with Gasteiger partial charge in [-0.05, 0) is 48.2 Å². The lowest BCUT2D eigenvalue weighted by Gasteiger charge is -2.38. The van der Waals surface area contributed by atoms with Gasteiger partial charge in [-0.2, -0.15) is 0 Å². The molecule has 8 heteroatoms. The van der Waals surface area contributed by atoms with Crippen molar-refractivity contribution in [3.8, 4) is 11.5 Å². The van der Waals surface area contributed by atoms with Gasteiger partial charge in [-0.1, -0.05) is 44.2 Å². The molecular formula is C34H34N4O4. The third kappa shape index (κ3) is 5.16. The SMILES string of the molecule is COc1ccc(C2C3=C(CC(C)(C)CC3=O)Nc3ccccc3N2CC(=O)Nc2cnc3ccccc3c2)c(OC)c1. The number of carbonyl (C=O) groups excluding carboxylic acids is 2. The van der Waals surface area contributed by atoms with E-state index in [4.69, 9.17) is 9.47 Å². The zero-order valence-corrected chi connectivity index (χ0v) is 24.2. The largest absolute Gasteiger partial charge is 0.497 e. The number of rotatable bonds is 6. The molecule has 0 fully saturated rings. The van der Waals surface area contributed by atoms with Crippen LogP contribution in [-0.2, 0) is 9.59 Å². The van der Waals surface area contributed by atoms with E-state index in [1.165, 1.54) is 0 Å². The molecule has 1 aliphatic carbocycles. The molecule has 0 radical (unpaired) electrons. The summed E-state index contributed by atoms with van der Waals surface area (Å²) in [6.07, 6.45) is 2.76. The molecule has 0 spiro atoms. The molecule has 1 unspecified atom stereocenters. The third-order valence-corrected chi connectivity index (χ3v) is 7.93. The number of hydrogen-bond acceptors (Lipinski definition) is 7. The van der Waals surface area contributed by atoms with Crippen molar-refractivity contribution in [3.05, 3.63) is 95.8 Å². The van der Waals surface area contributed by atoms with Gasteiger partial charge >= 0.3 is 0 Å². The maximum Gasteiger partial charge on any atom is 0.243 e. The maximum absolute atomic E-state index is 14.0. The van der Waals surface area contributed by atoms with Gasteiger partial charge in [-0.25, -0.2) is 0 Å². The van der Waals surface area contributed by atoms with E-state index in [9.17, 15) is 9.59 Å². The minimum absolute atomic E-state index is 0.0151. The number of allylic oxidation sites excluding steroid dienone is 1. The number of nitrogens with one attached hydrogen (secondary N) is 2. The molecule has 0 saturated heterocycles. The Hall–Kier alpha value is -4.85. The van der Waals surface area contributed by atoms with E-state index in [0.29, 0.717) is 35.6 Å². The molecule has 1 atom stereocenters. The molecule has 0 bridgehead atoms. The van der Waals surface area contributed by atoms with Crippen LogP contribution in [0.25, 0.3) is 10.9 Å². The van der Waals surface area contributed by atoms with Gasteiger partial charge in [-0.15, -0.1) is 0 Å². The quantitative estimate of drug-likeness (QED) is 0.277. The average Bonchev–Trinajstić information content (AvgIpc) is 3.10. The Labute approximate surface area is 245 Å². The lowest BCUT2D eigenvalue weighted by atomic mass is 9.73. The van der Waals surface area contributed by atoms with Crippen LogP contribution in [0.3, 0.4) is 0 Å². The van der Waals surface area contributed by atoms with Crippen LogP contribution in [0.4, 0.5) is 17.1 Å². The van der Waals surface area contributed by atoms with E-state index in [1.807, 2.05) is 77.7 Å². The molecule has 2 aliphatic rings. The Balaban J connectivity index is 1.47. The van der Waals surface area contributed by atoms with E-state index in [0.717, 1.165) is 33.5 Å². The number of ether oxygens (including phenoxy) is 2.